The normalized spacial score (nSPS) is 15.6. The molecule has 3 heterocycles. The summed E-state index contributed by atoms with van der Waals surface area (Å²) in [7, 11) is 0. The Labute approximate surface area is 189 Å². The second kappa shape index (κ2) is 8.57. The predicted molar refractivity (Wildman–Crippen MR) is 121 cm³/mol. The van der Waals surface area contributed by atoms with Crippen LogP contribution < -0.4 is 20.3 Å². The highest BCUT2D eigenvalue weighted by atomic mass is 16.7. The largest absolute Gasteiger partial charge is 0.454 e. The number of hydrogen-bond acceptors (Lipinski definition) is 6. The molecule has 9 nitrogen and oxygen atoms in total. The number of fused-ring (bicyclic) bond motifs is 2. The number of carbonyl (C=O) groups is 2. The standard InChI is InChI=1S/C24H24N4O5/c1-2-28-23(30)18-6-4-3-5-17(18)21(26-28)24(31)27-11-9-15(10-12-27)22(29)25-16-7-8-19-20(13-16)33-14-32-19/h3-8,13,15H,2,9-12,14H2,1H3,(H,25,29). The molecule has 0 aliphatic carbocycles. The third-order valence-corrected chi connectivity index (χ3v) is 6.16. The summed E-state index contributed by atoms with van der Waals surface area (Å²) in [5.41, 5.74) is 0.721. The zero-order valence-corrected chi connectivity index (χ0v) is 18.2. The fourth-order valence-electron chi connectivity index (χ4n) is 4.32. The van der Waals surface area contributed by atoms with Crippen LogP contribution in [-0.4, -0.2) is 46.4 Å². The van der Waals surface area contributed by atoms with Gasteiger partial charge in [-0.2, -0.15) is 5.10 Å². The van der Waals surface area contributed by atoms with Gasteiger partial charge in [-0.3, -0.25) is 14.4 Å². The highest BCUT2D eigenvalue weighted by Crippen LogP contribution is 2.34. The van der Waals surface area contributed by atoms with Crippen LogP contribution >= 0.6 is 0 Å². The minimum absolute atomic E-state index is 0.0796. The van der Waals surface area contributed by atoms with Gasteiger partial charge in [0.05, 0.1) is 5.39 Å². The Morgan fingerprint density at radius 3 is 2.55 bits per heavy atom. The zero-order chi connectivity index (χ0) is 22.9. The Bertz CT molecular complexity index is 1290. The topological polar surface area (TPSA) is 103 Å². The number of benzene rings is 2. The van der Waals surface area contributed by atoms with E-state index in [2.05, 4.69) is 10.4 Å². The van der Waals surface area contributed by atoms with Gasteiger partial charge in [0.2, 0.25) is 12.7 Å². The number of carbonyl (C=O) groups excluding carboxylic acids is 2. The van der Waals surface area contributed by atoms with E-state index in [4.69, 9.17) is 9.47 Å². The molecule has 2 aliphatic heterocycles. The molecule has 2 aromatic carbocycles. The van der Waals surface area contributed by atoms with Crippen LogP contribution in [0.5, 0.6) is 11.5 Å². The highest BCUT2D eigenvalue weighted by Gasteiger charge is 2.30. The monoisotopic (exact) mass is 448 g/mol. The van der Waals surface area contributed by atoms with Gasteiger partial charge in [0.15, 0.2) is 17.2 Å². The maximum atomic E-state index is 13.3. The maximum absolute atomic E-state index is 13.3. The average molecular weight is 448 g/mol. The van der Waals surface area contributed by atoms with E-state index in [0.717, 1.165) is 0 Å². The molecule has 1 aromatic heterocycles. The summed E-state index contributed by atoms with van der Waals surface area (Å²) >= 11 is 0. The number of rotatable bonds is 4. The summed E-state index contributed by atoms with van der Waals surface area (Å²) in [6, 6.07) is 12.3. The van der Waals surface area contributed by atoms with Crippen LogP contribution in [0.3, 0.4) is 0 Å². The number of hydrogen-bond donors (Lipinski definition) is 1. The Morgan fingerprint density at radius 1 is 1.06 bits per heavy atom. The first-order valence-corrected chi connectivity index (χ1v) is 11.0. The molecule has 0 spiro atoms. The molecule has 1 N–H and O–H groups in total. The summed E-state index contributed by atoms with van der Waals surface area (Å²) in [6.45, 7) is 3.27. The molecule has 0 saturated carbocycles. The quantitative estimate of drug-likeness (QED) is 0.658. The van der Waals surface area contributed by atoms with Crippen LogP contribution in [0.2, 0.25) is 0 Å². The number of nitrogens with one attached hydrogen (secondary N) is 1. The van der Waals surface area contributed by atoms with Crippen LogP contribution in [0.4, 0.5) is 5.69 Å². The molecule has 0 atom stereocenters. The molecule has 1 fully saturated rings. The maximum Gasteiger partial charge on any atom is 0.274 e. The van der Waals surface area contributed by atoms with Crippen molar-refractivity contribution in [1.29, 1.82) is 0 Å². The third kappa shape index (κ3) is 3.90. The van der Waals surface area contributed by atoms with Gasteiger partial charge in [-0.25, -0.2) is 4.68 Å². The van der Waals surface area contributed by atoms with Gasteiger partial charge in [0.25, 0.3) is 11.5 Å². The van der Waals surface area contributed by atoms with Crippen molar-refractivity contribution >= 4 is 28.3 Å². The van der Waals surface area contributed by atoms with Crippen LogP contribution in [0.15, 0.2) is 47.3 Å². The number of aryl methyl sites for hydroxylation is 1. The molecular weight excluding hydrogens is 424 g/mol. The first kappa shape index (κ1) is 21.0. The molecule has 1 saturated heterocycles. The van der Waals surface area contributed by atoms with Crippen molar-refractivity contribution in [3.05, 3.63) is 58.5 Å². The molecular formula is C24H24N4O5. The summed E-state index contributed by atoms with van der Waals surface area (Å²) in [5.74, 6) is 0.776. The van der Waals surface area contributed by atoms with Gasteiger partial charge < -0.3 is 19.7 Å². The third-order valence-electron chi connectivity index (χ3n) is 6.16. The number of amides is 2. The van der Waals surface area contributed by atoms with Crippen molar-refractivity contribution in [1.82, 2.24) is 14.7 Å². The summed E-state index contributed by atoms with van der Waals surface area (Å²) in [6.07, 6.45) is 1.10. The molecule has 33 heavy (non-hydrogen) atoms. The number of nitrogens with zero attached hydrogens (tertiary/aromatic N) is 3. The predicted octanol–water partition coefficient (Wildman–Crippen LogP) is 2.64. The Morgan fingerprint density at radius 2 is 1.79 bits per heavy atom. The number of aromatic nitrogens is 2. The van der Waals surface area contributed by atoms with Crippen molar-refractivity contribution in [2.24, 2.45) is 5.92 Å². The summed E-state index contributed by atoms with van der Waals surface area (Å²) in [4.78, 5) is 40.3. The second-order valence-electron chi connectivity index (χ2n) is 8.14. The van der Waals surface area contributed by atoms with Crippen LogP contribution in [0.25, 0.3) is 10.8 Å². The molecule has 9 heteroatoms. The van der Waals surface area contributed by atoms with Crippen LogP contribution in [0.1, 0.15) is 30.3 Å². The number of likely N-dealkylation sites (tertiary alicyclic amines) is 1. The van der Waals surface area contributed by atoms with E-state index in [-0.39, 0.29) is 35.8 Å². The number of anilines is 1. The van der Waals surface area contributed by atoms with E-state index >= 15 is 0 Å². The minimum atomic E-state index is -0.219. The van der Waals surface area contributed by atoms with E-state index in [1.165, 1.54) is 4.68 Å². The van der Waals surface area contributed by atoms with Gasteiger partial charge in [0, 0.05) is 42.7 Å². The molecule has 0 unspecified atom stereocenters. The van der Waals surface area contributed by atoms with Crippen LogP contribution in [-0.2, 0) is 11.3 Å². The molecule has 2 aliphatic rings. The minimum Gasteiger partial charge on any atom is -0.454 e. The molecule has 0 bridgehead atoms. The van der Waals surface area contributed by atoms with Crippen molar-refractivity contribution in [3.8, 4) is 11.5 Å². The molecule has 0 radical (unpaired) electrons. The SMILES string of the molecule is CCn1nc(C(=O)N2CCC(C(=O)Nc3ccc4c(c3)OCO4)CC2)c2ccccc2c1=O. The first-order valence-electron chi connectivity index (χ1n) is 11.0. The van der Waals surface area contributed by atoms with Crippen molar-refractivity contribution in [2.45, 2.75) is 26.3 Å². The van der Waals surface area contributed by atoms with E-state index in [1.54, 1.807) is 47.4 Å². The summed E-state index contributed by atoms with van der Waals surface area (Å²) in [5, 5.41) is 8.32. The van der Waals surface area contributed by atoms with Crippen molar-refractivity contribution < 1.29 is 19.1 Å². The molecule has 170 valence electrons. The number of piperidine rings is 1. The number of ether oxygens (including phenoxy) is 2. The lowest BCUT2D eigenvalue weighted by atomic mass is 9.95. The van der Waals surface area contributed by atoms with Crippen molar-refractivity contribution in [2.75, 3.05) is 25.2 Å². The summed E-state index contributed by atoms with van der Waals surface area (Å²) < 4.78 is 12.0. The van der Waals surface area contributed by atoms with Crippen LogP contribution in [0, 0.1) is 5.92 Å². The fourth-order valence-corrected chi connectivity index (χ4v) is 4.32. The fraction of sp³-hybridized carbons (Fsp3) is 0.333. The van der Waals surface area contributed by atoms with Crippen molar-refractivity contribution in [3.63, 3.8) is 0 Å². The van der Waals surface area contributed by atoms with Gasteiger partial charge >= 0.3 is 0 Å². The smallest absolute Gasteiger partial charge is 0.274 e. The van der Waals surface area contributed by atoms with E-state index in [0.29, 0.717) is 60.4 Å². The average Bonchev–Trinajstić information content (AvgIpc) is 3.32. The lowest BCUT2D eigenvalue weighted by molar-refractivity contribution is -0.121. The van der Waals surface area contributed by atoms with E-state index in [1.807, 2.05) is 6.92 Å². The lowest BCUT2D eigenvalue weighted by Gasteiger charge is -2.31. The van der Waals surface area contributed by atoms with Gasteiger partial charge in [-0.1, -0.05) is 18.2 Å². The van der Waals surface area contributed by atoms with Gasteiger partial charge in [0.1, 0.15) is 0 Å². The Balaban J connectivity index is 1.27. The Kier molecular flexibility index (Phi) is 5.45. The zero-order valence-electron chi connectivity index (χ0n) is 18.2. The first-order chi connectivity index (χ1) is 16.0. The Hall–Kier alpha value is -3.88. The van der Waals surface area contributed by atoms with E-state index in [9.17, 15) is 14.4 Å². The highest BCUT2D eigenvalue weighted by molar-refractivity contribution is 6.05. The second-order valence-corrected chi connectivity index (χ2v) is 8.14. The van der Waals surface area contributed by atoms with E-state index < -0.39 is 0 Å². The molecule has 3 aromatic rings. The molecule has 2 amide bonds. The molecule has 5 rings (SSSR count). The van der Waals surface area contributed by atoms with Gasteiger partial charge in [-0.05, 0) is 38.0 Å². The lowest BCUT2D eigenvalue weighted by Crippen LogP contribution is -2.42. The van der Waals surface area contributed by atoms with Gasteiger partial charge in [-0.15, -0.1) is 0 Å².